The van der Waals surface area contributed by atoms with Crippen molar-refractivity contribution in [1.29, 1.82) is 0 Å². The Morgan fingerprint density at radius 3 is 2.60 bits per heavy atom. The molecule has 0 bridgehead atoms. The van der Waals surface area contributed by atoms with Gasteiger partial charge in [0.2, 0.25) is 5.91 Å². The van der Waals surface area contributed by atoms with Gasteiger partial charge in [-0.15, -0.1) is 0 Å². The Kier molecular flexibility index (Phi) is 7.55. The predicted octanol–water partition coefficient (Wildman–Crippen LogP) is 2.64. The van der Waals surface area contributed by atoms with Crippen molar-refractivity contribution in [2.24, 2.45) is 12.0 Å². The van der Waals surface area contributed by atoms with Crippen LogP contribution in [0, 0.1) is 5.82 Å². The van der Waals surface area contributed by atoms with Crippen LogP contribution < -0.4 is 11.2 Å². The molecule has 1 amide bonds. The lowest BCUT2D eigenvalue weighted by Gasteiger charge is -2.16. The highest BCUT2D eigenvalue weighted by molar-refractivity contribution is 8.15. The van der Waals surface area contributed by atoms with Gasteiger partial charge < -0.3 is 4.74 Å². The number of aliphatic imine (C=N–C) groups is 1. The Morgan fingerprint density at radius 2 is 1.97 bits per heavy atom. The topological polar surface area (TPSA) is 103 Å². The van der Waals surface area contributed by atoms with Crippen molar-refractivity contribution in [2.45, 2.75) is 6.18 Å². The summed E-state index contributed by atoms with van der Waals surface area (Å²) < 4.78 is 59.2. The Hall–Kier alpha value is -3.39. The lowest BCUT2D eigenvalue weighted by molar-refractivity contribution is -0.145. The van der Waals surface area contributed by atoms with Crippen LogP contribution in [0.2, 0.25) is 5.02 Å². The van der Waals surface area contributed by atoms with E-state index < -0.39 is 53.0 Å². The Labute approximate surface area is 203 Å². The monoisotopic (exact) mass is 534 g/mol. The minimum Gasteiger partial charge on any atom is -0.460 e. The Morgan fingerprint density at radius 1 is 1.29 bits per heavy atom. The Bertz CT molecular complexity index is 1370. The van der Waals surface area contributed by atoms with E-state index in [0.29, 0.717) is 6.07 Å². The molecule has 1 aromatic heterocycles. The zero-order valence-electron chi connectivity index (χ0n) is 17.8. The van der Waals surface area contributed by atoms with E-state index in [0.717, 1.165) is 29.8 Å². The second-order valence-corrected chi connectivity index (χ2v) is 8.28. The van der Waals surface area contributed by atoms with Crippen LogP contribution in [0.5, 0.6) is 0 Å². The minimum absolute atomic E-state index is 0.00215. The van der Waals surface area contributed by atoms with E-state index in [4.69, 9.17) is 16.3 Å². The van der Waals surface area contributed by atoms with Crippen molar-refractivity contribution >= 4 is 46.1 Å². The number of esters is 1. The second kappa shape index (κ2) is 10.1. The molecule has 2 heterocycles. The van der Waals surface area contributed by atoms with Gasteiger partial charge in [0, 0.05) is 13.1 Å². The van der Waals surface area contributed by atoms with Gasteiger partial charge in [0.05, 0.1) is 22.2 Å². The molecular formula is C20H15ClF4N4O5S. The number of halogens is 5. The summed E-state index contributed by atoms with van der Waals surface area (Å²) in [6.07, 6.45) is -3.66. The predicted molar refractivity (Wildman–Crippen MR) is 120 cm³/mol. The molecule has 2 aromatic rings. The highest BCUT2D eigenvalue weighted by Gasteiger charge is 2.35. The maximum absolute atomic E-state index is 14.7. The molecule has 15 heteroatoms. The minimum atomic E-state index is -5.00. The summed E-state index contributed by atoms with van der Waals surface area (Å²) in [7, 11) is 0.778. The summed E-state index contributed by atoms with van der Waals surface area (Å²) in [6.45, 7) is 2.84. The first-order chi connectivity index (χ1) is 16.3. The average molecular weight is 535 g/mol. The standard InChI is InChI=1S/C20H15ClF4N4O5S/c1-3-4-34-17(32)8-28-16(31)9-35-18(28)26-12-6-13(11(22)5-10(12)21)29-15(30)7-14(20(23,24)25)27(2)19(29)33/h3,5-7H,1,4,8-9H2,2H3/b26-18-. The number of amides is 1. The molecule has 0 unspecified atom stereocenters. The number of nitrogens with zero attached hydrogens (tertiary/aromatic N) is 4. The third-order valence-electron chi connectivity index (χ3n) is 4.59. The third kappa shape index (κ3) is 5.48. The highest BCUT2D eigenvalue weighted by atomic mass is 35.5. The van der Waals surface area contributed by atoms with Gasteiger partial charge >= 0.3 is 17.8 Å². The molecule has 0 radical (unpaired) electrons. The smallest absolute Gasteiger partial charge is 0.431 e. The van der Waals surface area contributed by atoms with Crippen molar-refractivity contribution in [3.05, 3.63) is 68.2 Å². The summed E-state index contributed by atoms with van der Waals surface area (Å²) in [5.41, 5.74) is -5.32. The first-order valence-corrected chi connectivity index (χ1v) is 10.9. The molecule has 0 spiro atoms. The van der Waals surface area contributed by atoms with Crippen molar-refractivity contribution in [1.82, 2.24) is 14.0 Å². The lowest BCUT2D eigenvalue weighted by atomic mass is 10.2. The zero-order valence-corrected chi connectivity index (χ0v) is 19.3. The number of benzene rings is 1. The van der Waals surface area contributed by atoms with Crippen molar-refractivity contribution in [3.63, 3.8) is 0 Å². The molecule has 1 fully saturated rings. The van der Waals surface area contributed by atoms with Crippen molar-refractivity contribution in [2.75, 3.05) is 18.9 Å². The normalized spacial score (nSPS) is 15.1. The van der Waals surface area contributed by atoms with Crippen LogP contribution in [-0.4, -0.2) is 50.0 Å². The van der Waals surface area contributed by atoms with E-state index in [9.17, 15) is 36.7 Å². The fourth-order valence-electron chi connectivity index (χ4n) is 2.97. The van der Waals surface area contributed by atoms with Crippen LogP contribution in [0.3, 0.4) is 0 Å². The van der Waals surface area contributed by atoms with Gasteiger partial charge in [-0.05, 0) is 12.1 Å². The fraction of sp³-hybridized carbons (Fsp3) is 0.250. The fourth-order valence-corrected chi connectivity index (χ4v) is 4.06. The van der Waals surface area contributed by atoms with Crippen LogP contribution in [0.1, 0.15) is 5.69 Å². The Balaban J connectivity index is 2.09. The van der Waals surface area contributed by atoms with Crippen LogP contribution in [-0.2, 0) is 27.5 Å². The molecule has 1 saturated heterocycles. The maximum Gasteiger partial charge on any atom is 0.431 e. The number of amidine groups is 1. The molecule has 35 heavy (non-hydrogen) atoms. The van der Waals surface area contributed by atoms with Gasteiger partial charge in [-0.2, -0.15) is 13.2 Å². The molecule has 0 saturated carbocycles. The quantitative estimate of drug-likeness (QED) is 0.321. The molecule has 1 aromatic carbocycles. The van der Waals surface area contributed by atoms with Gasteiger partial charge in [0.1, 0.15) is 24.7 Å². The van der Waals surface area contributed by atoms with Gasteiger partial charge in [-0.1, -0.05) is 36.0 Å². The van der Waals surface area contributed by atoms with Crippen LogP contribution in [0.4, 0.5) is 23.2 Å². The molecular weight excluding hydrogens is 520 g/mol. The molecule has 3 rings (SSSR count). The first kappa shape index (κ1) is 26.2. The van der Waals surface area contributed by atoms with Gasteiger partial charge in [-0.3, -0.25) is 23.9 Å². The van der Waals surface area contributed by atoms with E-state index in [-0.39, 0.29) is 43.4 Å². The van der Waals surface area contributed by atoms with E-state index in [1.165, 1.54) is 6.08 Å². The van der Waals surface area contributed by atoms with Crippen molar-refractivity contribution < 1.29 is 31.9 Å². The SMILES string of the molecule is C=CCOC(=O)CN1C(=O)CS/C1=N\c1cc(-n2c(=O)cc(C(F)(F)F)n(C)c2=O)c(F)cc1Cl. The number of aromatic nitrogens is 2. The van der Waals surface area contributed by atoms with E-state index >= 15 is 0 Å². The summed E-state index contributed by atoms with van der Waals surface area (Å²) in [6, 6.07) is 1.74. The van der Waals surface area contributed by atoms with Gasteiger partial charge in [0.25, 0.3) is 5.56 Å². The number of hydrogen-bond donors (Lipinski definition) is 0. The van der Waals surface area contributed by atoms with Crippen molar-refractivity contribution in [3.8, 4) is 5.69 Å². The number of alkyl halides is 3. The van der Waals surface area contributed by atoms with Gasteiger partial charge in [0.15, 0.2) is 5.17 Å². The highest BCUT2D eigenvalue weighted by Crippen LogP contribution is 2.32. The van der Waals surface area contributed by atoms with E-state index in [1.807, 2.05) is 0 Å². The van der Waals surface area contributed by atoms with E-state index in [2.05, 4.69) is 11.6 Å². The lowest BCUT2D eigenvalue weighted by Crippen LogP contribution is -2.41. The maximum atomic E-state index is 14.7. The van der Waals surface area contributed by atoms with Gasteiger partial charge in [-0.25, -0.2) is 18.7 Å². The number of thioether (sulfide) groups is 1. The molecule has 1 aliphatic heterocycles. The number of carbonyl (C=O) groups is 2. The largest absolute Gasteiger partial charge is 0.460 e. The summed E-state index contributed by atoms with van der Waals surface area (Å²) in [5, 5.41) is -0.289. The number of carbonyl (C=O) groups excluding carboxylic acids is 2. The average Bonchev–Trinajstić information content (AvgIpc) is 3.10. The summed E-state index contributed by atoms with van der Waals surface area (Å²) in [4.78, 5) is 54.1. The van der Waals surface area contributed by atoms with Crippen LogP contribution in [0.15, 0.2) is 45.4 Å². The second-order valence-electron chi connectivity index (χ2n) is 6.93. The number of ether oxygens (including phenoxy) is 1. The zero-order chi connectivity index (χ0) is 26.1. The van der Waals surface area contributed by atoms with Crippen LogP contribution in [0.25, 0.3) is 5.69 Å². The summed E-state index contributed by atoms with van der Waals surface area (Å²) in [5.74, 6) is -2.48. The number of hydrogen-bond acceptors (Lipinski definition) is 7. The number of rotatable bonds is 6. The summed E-state index contributed by atoms with van der Waals surface area (Å²) >= 11 is 6.97. The molecule has 0 aliphatic carbocycles. The first-order valence-electron chi connectivity index (χ1n) is 9.53. The molecule has 1 aliphatic rings. The molecule has 9 nitrogen and oxygen atoms in total. The molecule has 0 atom stereocenters. The molecule has 186 valence electrons. The molecule has 0 N–H and O–H groups in total. The van der Waals surface area contributed by atoms with Crippen LogP contribution >= 0.6 is 23.4 Å². The van der Waals surface area contributed by atoms with E-state index in [1.54, 1.807) is 0 Å². The third-order valence-corrected chi connectivity index (χ3v) is 5.85.